The summed E-state index contributed by atoms with van der Waals surface area (Å²) in [5.41, 5.74) is 14.3. The SMILES string of the molecule is CNc1nccc(C2NNC3NC(N4CCC5(CC4)C[C@@H](C)C[C@H]5N)N(C)C(=O)C32)c1Cl. The first-order valence-electron chi connectivity index (χ1n) is 11.7. The van der Waals surface area contributed by atoms with Crippen LogP contribution in [-0.2, 0) is 4.79 Å². The Bertz CT molecular complexity index is 875. The van der Waals surface area contributed by atoms with Gasteiger partial charge in [0, 0.05) is 39.4 Å². The standard InChI is InChI=1S/C22H35ClN8O/c1-12-10-14(24)22(11-12)5-8-31(9-6-22)21-27-18-15(20(32)30(21)3)17(28-29-18)13-4-7-26-19(25-2)16(13)23/h4,7,12,14-15,17-18,21,27-29H,5-6,8-11,24H2,1-3H3,(H,25,26)/t12-,14+,15?,17?,18?,21?/m0/s1. The molecule has 4 fully saturated rings. The average Bonchev–Trinajstić information content (AvgIpc) is 3.32. The fourth-order valence-corrected chi connectivity index (χ4v) is 6.83. The molecule has 0 radical (unpaired) electrons. The molecule has 10 heteroatoms. The molecule has 1 aromatic rings. The topological polar surface area (TPSA) is 111 Å². The second-order valence-corrected chi connectivity index (χ2v) is 10.5. The number of hydrazine groups is 1. The quantitative estimate of drug-likeness (QED) is 0.453. The predicted octanol–water partition coefficient (Wildman–Crippen LogP) is 1.05. The number of likely N-dealkylation sites (tertiary alicyclic amines) is 1. The molecule has 4 unspecified atom stereocenters. The van der Waals surface area contributed by atoms with E-state index in [1.54, 1.807) is 13.2 Å². The molecule has 1 aromatic heterocycles. The first-order valence-corrected chi connectivity index (χ1v) is 12.1. The van der Waals surface area contributed by atoms with Gasteiger partial charge in [-0.3, -0.25) is 15.0 Å². The molecule has 1 spiro atoms. The molecular weight excluding hydrogens is 428 g/mol. The van der Waals surface area contributed by atoms with Crippen LogP contribution in [0.5, 0.6) is 0 Å². The zero-order valence-electron chi connectivity index (χ0n) is 19.1. The fourth-order valence-electron chi connectivity index (χ4n) is 6.51. The van der Waals surface area contributed by atoms with Crippen LogP contribution in [0.25, 0.3) is 0 Å². The molecular formula is C22H35ClN8O. The van der Waals surface area contributed by atoms with Crippen molar-refractivity contribution in [3.63, 3.8) is 0 Å². The summed E-state index contributed by atoms with van der Waals surface area (Å²) in [7, 11) is 3.68. The number of carbonyl (C=O) groups is 1. The Labute approximate surface area is 194 Å². The Kier molecular flexibility index (Phi) is 5.84. The smallest absolute Gasteiger partial charge is 0.232 e. The van der Waals surface area contributed by atoms with Gasteiger partial charge < -0.3 is 16.0 Å². The minimum absolute atomic E-state index is 0.103. The number of carbonyl (C=O) groups excluding carboxylic acids is 1. The van der Waals surface area contributed by atoms with E-state index in [9.17, 15) is 4.79 Å². The Balaban J connectivity index is 1.30. The molecule has 1 saturated carbocycles. The van der Waals surface area contributed by atoms with Crippen LogP contribution in [0.4, 0.5) is 5.82 Å². The summed E-state index contributed by atoms with van der Waals surface area (Å²) >= 11 is 6.58. The number of hydrogen-bond acceptors (Lipinski definition) is 8. The normalized spacial score (nSPS) is 37.2. The lowest BCUT2D eigenvalue weighted by Gasteiger charge is -2.50. The molecule has 0 aromatic carbocycles. The average molecular weight is 463 g/mol. The van der Waals surface area contributed by atoms with Gasteiger partial charge in [0.1, 0.15) is 12.1 Å². The number of hydrogen-bond donors (Lipinski definition) is 5. The van der Waals surface area contributed by atoms with E-state index in [2.05, 4.69) is 38.3 Å². The lowest BCUT2D eigenvalue weighted by Crippen LogP contribution is -2.70. The fraction of sp³-hybridized carbons (Fsp3) is 0.727. The molecule has 5 rings (SSSR count). The van der Waals surface area contributed by atoms with E-state index in [-0.39, 0.29) is 35.7 Å². The van der Waals surface area contributed by atoms with Gasteiger partial charge in [0.05, 0.1) is 23.1 Å². The zero-order valence-corrected chi connectivity index (χ0v) is 19.8. The van der Waals surface area contributed by atoms with Gasteiger partial charge in [-0.15, -0.1) is 0 Å². The summed E-state index contributed by atoms with van der Waals surface area (Å²) < 4.78 is 0. The Hall–Kier alpha value is -1.49. The van der Waals surface area contributed by atoms with Crippen LogP contribution in [0.15, 0.2) is 12.3 Å². The molecule has 4 heterocycles. The second kappa shape index (κ2) is 8.38. The van der Waals surface area contributed by atoms with Crippen molar-refractivity contribution in [2.75, 3.05) is 32.5 Å². The van der Waals surface area contributed by atoms with Crippen LogP contribution in [0, 0.1) is 17.3 Å². The van der Waals surface area contributed by atoms with Crippen molar-refractivity contribution in [2.45, 2.75) is 57.1 Å². The van der Waals surface area contributed by atoms with Crippen LogP contribution in [0.3, 0.4) is 0 Å². The van der Waals surface area contributed by atoms with Gasteiger partial charge in [0.2, 0.25) is 5.91 Å². The third kappa shape index (κ3) is 3.50. The third-order valence-corrected chi connectivity index (χ3v) is 8.67. The highest BCUT2D eigenvalue weighted by atomic mass is 35.5. The van der Waals surface area contributed by atoms with Crippen molar-refractivity contribution in [3.8, 4) is 0 Å². The predicted molar refractivity (Wildman–Crippen MR) is 124 cm³/mol. The van der Waals surface area contributed by atoms with Crippen molar-refractivity contribution < 1.29 is 4.79 Å². The number of amides is 1. The summed E-state index contributed by atoms with van der Waals surface area (Å²) in [4.78, 5) is 22.0. The van der Waals surface area contributed by atoms with E-state index in [1.165, 1.54) is 6.42 Å². The summed E-state index contributed by atoms with van der Waals surface area (Å²) in [5.74, 6) is 1.12. The van der Waals surface area contributed by atoms with Crippen LogP contribution in [0.1, 0.15) is 44.2 Å². The highest BCUT2D eigenvalue weighted by molar-refractivity contribution is 6.33. The molecule has 9 nitrogen and oxygen atoms in total. The third-order valence-electron chi connectivity index (χ3n) is 8.27. The van der Waals surface area contributed by atoms with Crippen LogP contribution < -0.4 is 27.2 Å². The maximum Gasteiger partial charge on any atom is 0.232 e. The molecule has 0 bridgehead atoms. The van der Waals surface area contributed by atoms with E-state index in [0.29, 0.717) is 22.8 Å². The molecule has 3 saturated heterocycles. The van der Waals surface area contributed by atoms with Gasteiger partial charge >= 0.3 is 0 Å². The van der Waals surface area contributed by atoms with Gasteiger partial charge in [-0.25, -0.2) is 15.8 Å². The number of halogens is 1. The van der Waals surface area contributed by atoms with E-state index in [1.807, 2.05) is 18.0 Å². The van der Waals surface area contributed by atoms with Crippen molar-refractivity contribution in [3.05, 3.63) is 22.8 Å². The highest BCUT2D eigenvalue weighted by Crippen LogP contribution is 2.48. The summed E-state index contributed by atoms with van der Waals surface area (Å²) in [5, 5.41) is 7.21. The maximum absolute atomic E-state index is 13.5. The number of pyridine rings is 1. The number of nitrogens with zero attached hydrogens (tertiary/aromatic N) is 3. The van der Waals surface area contributed by atoms with Crippen LogP contribution in [0.2, 0.25) is 5.02 Å². The molecule has 1 amide bonds. The Morgan fingerprint density at radius 2 is 2.06 bits per heavy atom. The lowest BCUT2D eigenvalue weighted by molar-refractivity contribution is -0.151. The summed E-state index contributed by atoms with van der Waals surface area (Å²) in [6, 6.07) is 1.94. The van der Waals surface area contributed by atoms with E-state index < -0.39 is 0 Å². The lowest BCUT2D eigenvalue weighted by atomic mass is 9.74. The van der Waals surface area contributed by atoms with Crippen LogP contribution in [-0.4, -0.2) is 66.4 Å². The molecule has 176 valence electrons. The molecule has 1 aliphatic carbocycles. The van der Waals surface area contributed by atoms with Gasteiger partial charge in [0.15, 0.2) is 0 Å². The number of anilines is 1. The van der Waals surface area contributed by atoms with Crippen molar-refractivity contribution in [1.29, 1.82) is 0 Å². The zero-order chi connectivity index (χ0) is 22.6. The first-order chi connectivity index (χ1) is 15.3. The number of fused-ring (bicyclic) bond motifs is 1. The van der Waals surface area contributed by atoms with Crippen molar-refractivity contribution >= 4 is 23.3 Å². The number of aromatic nitrogens is 1. The van der Waals surface area contributed by atoms with Crippen LogP contribution >= 0.6 is 11.6 Å². The summed E-state index contributed by atoms with van der Waals surface area (Å²) in [6.07, 6.45) is 5.96. The minimum atomic E-state index is -0.305. The van der Waals surface area contributed by atoms with Crippen molar-refractivity contribution in [1.82, 2.24) is 31.0 Å². The summed E-state index contributed by atoms with van der Waals surface area (Å²) in [6.45, 7) is 4.22. The van der Waals surface area contributed by atoms with Gasteiger partial charge in [-0.05, 0) is 48.6 Å². The Morgan fingerprint density at radius 3 is 2.72 bits per heavy atom. The molecule has 6 N–H and O–H groups in total. The molecule has 6 atom stereocenters. The number of piperidine rings is 1. The van der Waals surface area contributed by atoms with E-state index in [4.69, 9.17) is 17.3 Å². The second-order valence-electron chi connectivity index (χ2n) is 10.1. The molecule has 4 aliphatic rings. The molecule has 32 heavy (non-hydrogen) atoms. The monoisotopic (exact) mass is 462 g/mol. The largest absolute Gasteiger partial charge is 0.372 e. The number of rotatable bonds is 3. The first kappa shape index (κ1) is 22.3. The minimum Gasteiger partial charge on any atom is -0.372 e. The van der Waals surface area contributed by atoms with E-state index in [0.717, 1.165) is 37.9 Å². The van der Waals surface area contributed by atoms with Crippen molar-refractivity contribution in [2.24, 2.45) is 23.0 Å². The molecule has 3 aliphatic heterocycles. The highest BCUT2D eigenvalue weighted by Gasteiger charge is 2.52. The van der Waals surface area contributed by atoms with Gasteiger partial charge in [-0.2, -0.15) is 0 Å². The number of nitrogens with two attached hydrogens (primary N) is 1. The van der Waals surface area contributed by atoms with E-state index >= 15 is 0 Å². The van der Waals surface area contributed by atoms with Gasteiger partial charge in [-0.1, -0.05) is 18.5 Å². The van der Waals surface area contributed by atoms with Gasteiger partial charge in [0.25, 0.3) is 0 Å². The maximum atomic E-state index is 13.5. The Morgan fingerprint density at radius 1 is 1.31 bits per heavy atom. The number of nitrogens with one attached hydrogen (secondary N) is 4.